The summed E-state index contributed by atoms with van der Waals surface area (Å²) in [6.45, 7) is 1.19. The molecule has 1 N–H and O–H groups in total. The average molecular weight is 459 g/mol. The molecule has 0 radical (unpaired) electrons. The van der Waals surface area contributed by atoms with E-state index >= 15 is 0 Å². The van der Waals surface area contributed by atoms with E-state index in [-0.39, 0.29) is 30.9 Å². The molecule has 2 aromatic carbocycles. The minimum atomic E-state index is -0.392. The van der Waals surface area contributed by atoms with Gasteiger partial charge in [0.25, 0.3) is 0 Å². The summed E-state index contributed by atoms with van der Waals surface area (Å²) in [7, 11) is 1.65. The second-order valence-electron chi connectivity index (χ2n) is 8.57. The Morgan fingerprint density at radius 3 is 2.68 bits per heavy atom. The molecular formula is C25H26N6O3. The molecule has 0 saturated carbocycles. The van der Waals surface area contributed by atoms with Crippen molar-refractivity contribution in [2.45, 2.75) is 19.3 Å². The molecule has 1 unspecified atom stereocenters. The molecule has 5 rings (SSSR count). The normalized spacial score (nSPS) is 18.3. The van der Waals surface area contributed by atoms with E-state index in [2.05, 4.69) is 10.3 Å². The van der Waals surface area contributed by atoms with Crippen molar-refractivity contribution in [3.8, 4) is 0 Å². The molecule has 0 bridgehead atoms. The first-order chi connectivity index (χ1) is 16.5. The molecule has 2 saturated heterocycles. The summed E-state index contributed by atoms with van der Waals surface area (Å²) in [5.41, 5.74) is 2.83. The second-order valence-corrected chi connectivity index (χ2v) is 8.57. The molecule has 0 aliphatic carbocycles. The van der Waals surface area contributed by atoms with E-state index in [1.807, 2.05) is 60.7 Å². The molecule has 9 nitrogen and oxygen atoms in total. The average Bonchev–Trinajstić information content (AvgIpc) is 3.18. The molecule has 34 heavy (non-hydrogen) atoms. The number of amides is 4. The summed E-state index contributed by atoms with van der Waals surface area (Å²) < 4.78 is 0. The number of rotatable bonds is 5. The van der Waals surface area contributed by atoms with Crippen molar-refractivity contribution < 1.29 is 14.4 Å². The minimum absolute atomic E-state index is 0.00526. The van der Waals surface area contributed by atoms with Crippen molar-refractivity contribution in [2.24, 2.45) is 0 Å². The highest BCUT2D eigenvalue weighted by Crippen LogP contribution is 2.24. The predicted molar refractivity (Wildman–Crippen MR) is 126 cm³/mol. The lowest BCUT2D eigenvalue weighted by atomic mass is 10.1. The minimum Gasteiger partial charge on any atom is -0.333 e. The van der Waals surface area contributed by atoms with Crippen molar-refractivity contribution >= 4 is 28.7 Å². The van der Waals surface area contributed by atoms with E-state index in [1.54, 1.807) is 28.1 Å². The van der Waals surface area contributed by atoms with Gasteiger partial charge in [-0.25, -0.2) is 4.79 Å². The summed E-state index contributed by atoms with van der Waals surface area (Å²) in [5, 5.41) is 7.10. The van der Waals surface area contributed by atoms with Gasteiger partial charge in [-0.2, -0.15) is 5.01 Å². The standard InChI is InChI=1S/C25H26N6O3/c1-28(25(34)27-13-18-6-3-2-4-7-18)31-17-24(33)30-16-23(32)29(15-22(30)31)14-19-9-10-20-8-5-11-26-21(20)12-19/h2-12,22H,13-17H2,1H3,(H,27,34). The zero-order valence-electron chi connectivity index (χ0n) is 18.9. The van der Waals surface area contributed by atoms with Crippen molar-refractivity contribution in [2.75, 3.05) is 26.7 Å². The van der Waals surface area contributed by atoms with Gasteiger partial charge in [0, 0.05) is 31.7 Å². The highest BCUT2D eigenvalue weighted by atomic mass is 16.2. The number of carbonyl (C=O) groups is 3. The van der Waals surface area contributed by atoms with Crippen LogP contribution >= 0.6 is 0 Å². The van der Waals surface area contributed by atoms with Crippen LogP contribution in [0.15, 0.2) is 66.9 Å². The van der Waals surface area contributed by atoms with Gasteiger partial charge in [0.1, 0.15) is 12.7 Å². The smallest absolute Gasteiger partial charge is 0.332 e. The first kappa shape index (κ1) is 21.8. The van der Waals surface area contributed by atoms with Crippen LogP contribution in [0.3, 0.4) is 0 Å². The fraction of sp³-hybridized carbons (Fsp3) is 0.280. The Morgan fingerprint density at radius 2 is 1.85 bits per heavy atom. The van der Waals surface area contributed by atoms with E-state index in [0.717, 1.165) is 22.0 Å². The Hall–Kier alpha value is -3.98. The van der Waals surface area contributed by atoms with Gasteiger partial charge in [0.2, 0.25) is 11.8 Å². The van der Waals surface area contributed by atoms with Gasteiger partial charge in [-0.1, -0.05) is 48.5 Å². The second kappa shape index (κ2) is 9.11. The lowest BCUT2D eigenvalue weighted by molar-refractivity contribution is -0.149. The van der Waals surface area contributed by atoms with Crippen LogP contribution in [-0.4, -0.2) is 75.5 Å². The third-order valence-corrected chi connectivity index (χ3v) is 6.37. The Kier molecular flexibility index (Phi) is 5.85. The molecule has 3 heterocycles. The Balaban J connectivity index is 1.28. The van der Waals surface area contributed by atoms with Crippen LogP contribution in [0.1, 0.15) is 11.1 Å². The van der Waals surface area contributed by atoms with Crippen LogP contribution in [0.5, 0.6) is 0 Å². The van der Waals surface area contributed by atoms with Crippen molar-refractivity contribution in [1.82, 2.24) is 30.1 Å². The van der Waals surface area contributed by atoms with Crippen molar-refractivity contribution in [1.29, 1.82) is 0 Å². The van der Waals surface area contributed by atoms with Crippen LogP contribution < -0.4 is 5.32 Å². The molecule has 1 aromatic heterocycles. The SMILES string of the molecule is CN(C(=O)NCc1ccccc1)N1CC(=O)N2CC(=O)N(Cc3ccc4cccnc4c3)CC21. The lowest BCUT2D eigenvalue weighted by Crippen LogP contribution is -2.61. The summed E-state index contributed by atoms with van der Waals surface area (Å²) >= 11 is 0. The summed E-state index contributed by atoms with van der Waals surface area (Å²) in [5.74, 6) is -0.264. The van der Waals surface area contributed by atoms with Gasteiger partial charge in [-0.15, -0.1) is 0 Å². The maximum absolute atomic E-state index is 12.8. The number of hydrogen-bond donors (Lipinski definition) is 1. The summed E-state index contributed by atoms with van der Waals surface area (Å²) in [6, 6.07) is 19.2. The maximum atomic E-state index is 12.8. The topological polar surface area (TPSA) is 89.1 Å². The van der Waals surface area contributed by atoms with Gasteiger partial charge >= 0.3 is 6.03 Å². The highest BCUT2D eigenvalue weighted by molar-refractivity contribution is 5.89. The molecule has 2 aliphatic rings. The zero-order valence-corrected chi connectivity index (χ0v) is 18.9. The Bertz CT molecular complexity index is 1230. The maximum Gasteiger partial charge on any atom is 0.332 e. The number of nitrogens with one attached hydrogen (secondary N) is 1. The number of aromatic nitrogens is 1. The largest absolute Gasteiger partial charge is 0.333 e. The molecule has 174 valence electrons. The van der Waals surface area contributed by atoms with Gasteiger partial charge in [-0.3, -0.25) is 19.6 Å². The quantitative estimate of drug-likeness (QED) is 0.630. The third kappa shape index (κ3) is 4.29. The number of pyridine rings is 1. The van der Waals surface area contributed by atoms with Crippen molar-refractivity contribution in [3.63, 3.8) is 0 Å². The van der Waals surface area contributed by atoms with Gasteiger partial charge in [0.15, 0.2) is 0 Å². The Labute approximate surface area is 197 Å². The fourth-order valence-electron chi connectivity index (χ4n) is 4.49. The predicted octanol–water partition coefficient (Wildman–Crippen LogP) is 1.80. The molecule has 1 atom stereocenters. The van der Waals surface area contributed by atoms with Crippen LogP contribution in [0.25, 0.3) is 10.9 Å². The van der Waals surface area contributed by atoms with Gasteiger partial charge in [0.05, 0.1) is 18.6 Å². The molecule has 2 fully saturated rings. The third-order valence-electron chi connectivity index (χ3n) is 6.37. The highest BCUT2D eigenvalue weighted by Gasteiger charge is 2.46. The zero-order chi connectivity index (χ0) is 23.7. The first-order valence-corrected chi connectivity index (χ1v) is 11.2. The molecular weight excluding hydrogens is 432 g/mol. The number of carbonyl (C=O) groups excluding carboxylic acids is 3. The van der Waals surface area contributed by atoms with E-state index in [1.165, 1.54) is 5.01 Å². The molecule has 9 heteroatoms. The number of fused-ring (bicyclic) bond motifs is 2. The number of benzene rings is 2. The number of piperazine rings is 1. The van der Waals surface area contributed by atoms with E-state index in [9.17, 15) is 14.4 Å². The number of hydrazine groups is 1. The monoisotopic (exact) mass is 458 g/mol. The van der Waals surface area contributed by atoms with Crippen LogP contribution in [0, 0.1) is 0 Å². The lowest BCUT2D eigenvalue weighted by Gasteiger charge is -2.41. The number of nitrogens with zero attached hydrogens (tertiary/aromatic N) is 5. The Morgan fingerprint density at radius 1 is 1.03 bits per heavy atom. The van der Waals surface area contributed by atoms with Gasteiger partial charge in [-0.05, 0) is 23.3 Å². The van der Waals surface area contributed by atoms with Crippen LogP contribution in [0.2, 0.25) is 0 Å². The summed E-state index contributed by atoms with van der Waals surface area (Å²) in [6.07, 6.45) is 1.35. The van der Waals surface area contributed by atoms with Gasteiger partial charge < -0.3 is 15.1 Å². The first-order valence-electron chi connectivity index (χ1n) is 11.2. The molecule has 4 amide bonds. The fourth-order valence-corrected chi connectivity index (χ4v) is 4.49. The number of hydrogen-bond acceptors (Lipinski definition) is 5. The molecule has 3 aromatic rings. The summed E-state index contributed by atoms with van der Waals surface area (Å²) in [4.78, 5) is 46.0. The van der Waals surface area contributed by atoms with E-state index < -0.39 is 6.17 Å². The van der Waals surface area contributed by atoms with Crippen molar-refractivity contribution in [3.05, 3.63) is 78.0 Å². The van der Waals surface area contributed by atoms with Crippen LogP contribution in [0.4, 0.5) is 4.79 Å². The molecule has 0 spiro atoms. The van der Waals surface area contributed by atoms with E-state index in [0.29, 0.717) is 19.6 Å². The molecule has 2 aliphatic heterocycles. The number of urea groups is 1. The van der Waals surface area contributed by atoms with Crippen LogP contribution in [-0.2, 0) is 22.7 Å². The van der Waals surface area contributed by atoms with E-state index in [4.69, 9.17) is 0 Å².